The maximum Gasteiger partial charge on any atom is 0.232 e. The largest absolute Gasteiger partial charge is 0.381 e. The van der Waals surface area contributed by atoms with E-state index in [0.29, 0.717) is 6.42 Å². The quantitative estimate of drug-likeness (QED) is 0.461. The van der Waals surface area contributed by atoms with Crippen molar-refractivity contribution in [2.75, 3.05) is 19.0 Å². The second-order valence-corrected chi connectivity index (χ2v) is 6.17. The lowest BCUT2D eigenvalue weighted by atomic mass is 10.3. The van der Waals surface area contributed by atoms with Gasteiger partial charge in [0, 0.05) is 23.9 Å². The van der Waals surface area contributed by atoms with Crippen LogP contribution in [-0.2, 0) is 13.8 Å². The Morgan fingerprint density at radius 3 is 2.29 bits per heavy atom. The van der Waals surface area contributed by atoms with Crippen LogP contribution in [0.1, 0.15) is 39.0 Å². The van der Waals surface area contributed by atoms with Crippen LogP contribution in [0.3, 0.4) is 0 Å². The molecule has 0 radical (unpaired) electrons. The lowest BCUT2D eigenvalue weighted by Gasteiger charge is -2.02. The first-order valence-corrected chi connectivity index (χ1v) is 7.54. The van der Waals surface area contributed by atoms with Crippen LogP contribution in [0.15, 0.2) is 0 Å². The zero-order valence-electron chi connectivity index (χ0n) is 8.67. The highest BCUT2D eigenvalue weighted by Crippen LogP contribution is 2.03. The average Bonchev–Trinajstić information content (AvgIpc) is 2.08. The first-order valence-electron chi connectivity index (χ1n) is 5.06. The highest BCUT2D eigenvalue weighted by Gasteiger charge is 2.03. The number of unbranched alkanes of at least 4 members (excludes halogenated alkanes) is 3. The van der Waals surface area contributed by atoms with Crippen molar-refractivity contribution in [1.82, 2.24) is 0 Å². The summed E-state index contributed by atoms with van der Waals surface area (Å²) in [5.41, 5.74) is 0. The molecule has 0 aliphatic carbocycles. The van der Waals surface area contributed by atoms with Gasteiger partial charge in [-0.2, -0.15) is 0 Å². The second kappa shape index (κ2) is 8.50. The van der Waals surface area contributed by atoms with Gasteiger partial charge in [0.25, 0.3) is 0 Å². The van der Waals surface area contributed by atoms with E-state index in [4.69, 9.17) is 15.4 Å². The lowest BCUT2D eigenvalue weighted by Crippen LogP contribution is -2.00. The van der Waals surface area contributed by atoms with Crippen molar-refractivity contribution in [2.24, 2.45) is 0 Å². The molecule has 0 saturated heterocycles. The van der Waals surface area contributed by atoms with Crippen molar-refractivity contribution in [1.29, 1.82) is 0 Å². The Balaban J connectivity index is 3.07. The molecule has 0 atom stereocenters. The summed E-state index contributed by atoms with van der Waals surface area (Å²) in [5, 5.41) is 0. The normalized spacial score (nSPS) is 11.9. The van der Waals surface area contributed by atoms with E-state index < -0.39 is 9.05 Å². The molecule has 0 fully saturated rings. The smallest absolute Gasteiger partial charge is 0.232 e. The van der Waals surface area contributed by atoms with Gasteiger partial charge in [0.2, 0.25) is 9.05 Å². The molecular weight excluding hydrogens is 224 g/mol. The molecule has 86 valence electrons. The molecular formula is C9H19ClO3S. The monoisotopic (exact) mass is 242 g/mol. The standard InChI is InChI=1S/C9H19ClO3S/c1-2-3-7-13-8-5-4-6-9-14(10,11)12/h2-9H2,1H3. The summed E-state index contributed by atoms with van der Waals surface area (Å²) in [6.07, 6.45) is 4.64. The van der Waals surface area contributed by atoms with E-state index in [1.807, 2.05) is 0 Å². The van der Waals surface area contributed by atoms with Crippen molar-refractivity contribution in [3.05, 3.63) is 0 Å². The van der Waals surface area contributed by atoms with Gasteiger partial charge < -0.3 is 4.74 Å². The summed E-state index contributed by atoms with van der Waals surface area (Å²) in [4.78, 5) is 0. The van der Waals surface area contributed by atoms with Crippen LogP contribution >= 0.6 is 10.7 Å². The minimum absolute atomic E-state index is 0.0729. The molecule has 0 bridgehead atoms. The van der Waals surface area contributed by atoms with Gasteiger partial charge >= 0.3 is 0 Å². The van der Waals surface area contributed by atoms with Crippen molar-refractivity contribution in [2.45, 2.75) is 39.0 Å². The molecule has 0 aliphatic rings. The third-order valence-electron chi connectivity index (χ3n) is 1.82. The van der Waals surface area contributed by atoms with Crippen LogP contribution < -0.4 is 0 Å². The van der Waals surface area contributed by atoms with E-state index >= 15 is 0 Å². The molecule has 3 nitrogen and oxygen atoms in total. The maximum atomic E-state index is 10.5. The molecule has 5 heteroatoms. The molecule has 0 amide bonds. The van der Waals surface area contributed by atoms with Crippen molar-refractivity contribution in [3.8, 4) is 0 Å². The minimum Gasteiger partial charge on any atom is -0.381 e. The average molecular weight is 243 g/mol. The van der Waals surface area contributed by atoms with E-state index in [-0.39, 0.29) is 5.75 Å². The van der Waals surface area contributed by atoms with Crippen LogP contribution in [0.2, 0.25) is 0 Å². The zero-order valence-corrected chi connectivity index (χ0v) is 10.2. The Kier molecular flexibility index (Phi) is 8.63. The maximum absolute atomic E-state index is 10.5. The summed E-state index contributed by atoms with van der Waals surface area (Å²) >= 11 is 0. The van der Waals surface area contributed by atoms with Crippen molar-refractivity contribution in [3.63, 3.8) is 0 Å². The summed E-state index contributed by atoms with van der Waals surface area (Å²) in [6.45, 7) is 3.65. The van der Waals surface area contributed by atoms with Gasteiger partial charge in [-0.3, -0.25) is 0 Å². The van der Waals surface area contributed by atoms with Gasteiger partial charge in [-0.05, 0) is 19.3 Å². The second-order valence-electron chi connectivity index (χ2n) is 3.27. The highest BCUT2D eigenvalue weighted by molar-refractivity contribution is 8.13. The predicted octanol–water partition coefficient (Wildman–Crippen LogP) is 2.54. The molecule has 0 aromatic heterocycles. The van der Waals surface area contributed by atoms with Crippen molar-refractivity contribution >= 4 is 19.7 Å². The molecule has 0 unspecified atom stereocenters. The number of ether oxygens (including phenoxy) is 1. The molecule has 0 N–H and O–H groups in total. The number of hydrogen-bond acceptors (Lipinski definition) is 3. The fraction of sp³-hybridized carbons (Fsp3) is 1.00. The number of hydrogen-bond donors (Lipinski definition) is 0. The van der Waals surface area contributed by atoms with Crippen LogP contribution in [0.4, 0.5) is 0 Å². The number of halogens is 1. The van der Waals surface area contributed by atoms with E-state index in [0.717, 1.165) is 38.9 Å². The van der Waals surface area contributed by atoms with Gasteiger partial charge in [-0.15, -0.1) is 0 Å². The predicted molar refractivity (Wildman–Crippen MR) is 59.2 cm³/mol. The van der Waals surface area contributed by atoms with Gasteiger partial charge in [0.05, 0.1) is 5.75 Å². The Morgan fingerprint density at radius 1 is 1.07 bits per heavy atom. The summed E-state index contributed by atoms with van der Waals surface area (Å²) in [6, 6.07) is 0. The van der Waals surface area contributed by atoms with Crippen LogP contribution in [0.5, 0.6) is 0 Å². The Bertz CT molecular complexity index is 214. The van der Waals surface area contributed by atoms with Crippen LogP contribution in [0.25, 0.3) is 0 Å². The molecule has 0 aromatic rings. The lowest BCUT2D eigenvalue weighted by molar-refractivity contribution is 0.127. The van der Waals surface area contributed by atoms with Gasteiger partial charge in [-0.1, -0.05) is 19.8 Å². The molecule has 0 heterocycles. The topological polar surface area (TPSA) is 43.4 Å². The Hall–Kier alpha value is 0.200. The molecule has 0 rings (SSSR count). The minimum atomic E-state index is -3.29. The van der Waals surface area contributed by atoms with E-state index in [2.05, 4.69) is 6.92 Å². The molecule has 0 spiro atoms. The molecule has 0 saturated carbocycles. The first kappa shape index (κ1) is 14.2. The number of rotatable bonds is 9. The fourth-order valence-corrected chi connectivity index (χ4v) is 1.88. The first-order chi connectivity index (χ1) is 6.56. The summed E-state index contributed by atoms with van der Waals surface area (Å²) in [5.74, 6) is 0.0729. The van der Waals surface area contributed by atoms with E-state index in [1.54, 1.807) is 0 Å². The molecule has 0 aromatic carbocycles. The Morgan fingerprint density at radius 2 is 1.71 bits per heavy atom. The Labute approximate surface area is 91.2 Å². The van der Waals surface area contributed by atoms with Crippen molar-refractivity contribution < 1.29 is 13.2 Å². The van der Waals surface area contributed by atoms with Crippen LogP contribution in [0, 0.1) is 0 Å². The van der Waals surface area contributed by atoms with Gasteiger partial charge in [0.1, 0.15) is 0 Å². The summed E-state index contributed by atoms with van der Waals surface area (Å²) in [7, 11) is 1.76. The third-order valence-corrected chi connectivity index (χ3v) is 3.06. The van der Waals surface area contributed by atoms with Gasteiger partial charge in [-0.25, -0.2) is 8.42 Å². The molecule has 0 aliphatic heterocycles. The van der Waals surface area contributed by atoms with Crippen LogP contribution in [-0.4, -0.2) is 27.4 Å². The zero-order chi connectivity index (χ0) is 10.9. The van der Waals surface area contributed by atoms with Gasteiger partial charge in [0.15, 0.2) is 0 Å². The fourth-order valence-electron chi connectivity index (χ4n) is 1.00. The van der Waals surface area contributed by atoms with E-state index in [1.165, 1.54) is 0 Å². The highest BCUT2D eigenvalue weighted by atomic mass is 35.7. The third kappa shape index (κ3) is 12.2. The van der Waals surface area contributed by atoms with E-state index in [9.17, 15) is 8.42 Å². The molecule has 14 heavy (non-hydrogen) atoms. The SMILES string of the molecule is CCCCOCCCCCS(=O)(=O)Cl. The summed E-state index contributed by atoms with van der Waals surface area (Å²) < 4.78 is 26.4.